The number of fused-ring (bicyclic) bond motifs is 2. The van der Waals surface area contributed by atoms with Crippen molar-refractivity contribution in [1.82, 2.24) is 15.3 Å². The Morgan fingerprint density at radius 3 is 2.93 bits per heavy atom. The molecule has 27 heavy (non-hydrogen) atoms. The lowest BCUT2D eigenvalue weighted by atomic mass is 10.1. The van der Waals surface area contributed by atoms with Gasteiger partial charge in [0, 0.05) is 23.9 Å². The average molecular weight is 363 g/mol. The number of furan rings is 1. The number of aromatic amines is 1. The molecule has 6 nitrogen and oxygen atoms in total. The number of benzene rings is 2. The van der Waals surface area contributed by atoms with Crippen molar-refractivity contribution >= 4 is 27.9 Å². The van der Waals surface area contributed by atoms with Crippen LogP contribution in [0.5, 0.6) is 5.75 Å². The molecule has 2 aromatic heterocycles. The molecule has 0 atom stereocenters. The van der Waals surface area contributed by atoms with Crippen LogP contribution in [0.3, 0.4) is 0 Å². The minimum absolute atomic E-state index is 0.202. The van der Waals surface area contributed by atoms with E-state index in [0.29, 0.717) is 17.9 Å². The quantitative estimate of drug-likeness (QED) is 0.508. The van der Waals surface area contributed by atoms with E-state index >= 15 is 0 Å². The fraction of sp³-hybridized carbons (Fsp3) is 0.238. The molecule has 4 rings (SSSR count). The molecule has 1 amide bonds. The van der Waals surface area contributed by atoms with E-state index in [-0.39, 0.29) is 5.91 Å². The van der Waals surface area contributed by atoms with Crippen LogP contribution < -0.4 is 10.1 Å². The van der Waals surface area contributed by atoms with Gasteiger partial charge in [-0.3, -0.25) is 4.79 Å². The van der Waals surface area contributed by atoms with Crippen molar-refractivity contribution in [3.8, 4) is 5.75 Å². The molecule has 0 aliphatic rings. The fourth-order valence-corrected chi connectivity index (χ4v) is 3.21. The van der Waals surface area contributed by atoms with Gasteiger partial charge in [-0.15, -0.1) is 0 Å². The van der Waals surface area contributed by atoms with E-state index in [9.17, 15) is 4.79 Å². The van der Waals surface area contributed by atoms with E-state index in [1.165, 1.54) is 0 Å². The van der Waals surface area contributed by atoms with Gasteiger partial charge in [0.1, 0.15) is 17.2 Å². The second-order valence-electron chi connectivity index (χ2n) is 6.48. The number of aryl methyl sites for hydroxylation is 2. The Balaban J connectivity index is 1.37. The average Bonchev–Trinajstić information content (AvgIpc) is 3.25. The van der Waals surface area contributed by atoms with Gasteiger partial charge in [-0.1, -0.05) is 12.1 Å². The lowest BCUT2D eigenvalue weighted by molar-refractivity contribution is 0.0927. The van der Waals surface area contributed by atoms with Gasteiger partial charge in [-0.05, 0) is 43.7 Å². The van der Waals surface area contributed by atoms with Crippen LogP contribution in [0.15, 0.2) is 46.9 Å². The van der Waals surface area contributed by atoms with Gasteiger partial charge in [0.25, 0.3) is 5.91 Å². The first kappa shape index (κ1) is 17.1. The molecule has 4 aromatic rings. The minimum atomic E-state index is -0.202. The number of rotatable bonds is 6. The number of H-pyrrole nitrogens is 1. The number of para-hydroxylation sites is 2. The summed E-state index contributed by atoms with van der Waals surface area (Å²) in [5.74, 6) is 1.82. The van der Waals surface area contributed by atoms with Crippen LogP contribution in [-0.2, 0) is 6.42 Å². The van der Waals surface area contributed by atoms with Crippen LogP contribution in [0.2, 0.25) is 0 Å². The van der Waals surface area contributed by atoms with Crippen LogP contribution in [0.25, 0.3) is 22.0 Å². The highest BCUT2D eigenvalue weighted by Gasteiger charge is 2.17. The molecule has 0 saturated carbocycles. The van der Waals surface area contributed by atoms with Gasteiger partial charge in [-0.2, -0.15) is 0 Å². The zero-order valence-electron chi connectivity index (χ0n) is 15.3. The molecule has 0 unspecified atom stereocenters. The fourth-order valence-electron chi connectivity index (χ4n) is 3.21. The van der Waals surface area contributed by atoms with Crippen molar-refractivity contribution in [3.63, 3.8) is 0 Å². The molecule has 0 saturated heterocycles. The SMILES string of the molecule is COc1ccc2oc(C(=O)NCCCc3nc4ccccc4[nH]3)c(C)c2c1. The maximum atomic E-state index is 12.5. The number of nitrogens with one attached hydrogen (secondary N) is 2. The Labute approximate surface area is 156 Å². The Bertz CT molecular complexity index is 1080. The largest absolute Gasteiger partial charge is 0.497 e. The predicted molar refractivity (Wildman–Crippen MR) is 104 cm³/mol. The number of methoxy groups -OCH3 is 1. The molecular weight excluding hydrogens is 342 g/mol. The summed E-state index contributed by atoms with van der Waals surface area (Å²) in [6, 6.07) is 13.5. The van der Waals surface area contributed by atoms with Crippen LogP contribution >= 0.6 is 0 Å². The van der Waals surface area contributed by atoms with Crippen LogP contribution in [-0.4, -0.2) is 29.5 Å². The Morgan fingerprint density at radius 2 is 2.11 bits per heavy atom. The van der Waals surface area contributed by atoms with Gasteiger partial charge < -0.3 is 19.5 Å². The van der Waals surface area contributed by atoms with Gasteiger partial charge >= 0.3 is 0 Å². The number of hydrogen-bond donors (Lipinski definition) is 2. The highest BCUT2D eigenvalue weighted by Crippen LogP contribution is 2.28. The molecule has 0 aliphatic heterocycles. The van der Waals surface area contributed by atoms with Gasteiger partial charge in [-0.25, -0.2) is 4.98 Å². The normalized spacial score (nSPS) is 11.2. The summed E-state index contributed by atoms with van der Waals surface area (Å²) in [5.41, 5.74) is 3.49. The van der Waals surface area contributed by atoms with Crippen LogP contribution in [0.1, 0.15) is 28.4 Å². The number of carbonyl (C=O) groups is 1. The number of carbonyl (C=O) groups excluding carboxylic acids is 1. The first-order chi connectivity index (χ1) is 13.2. The lowest BCUT2D eigenvalue weighted by Gasteiger charge is -2.03. The molecule has 0 fully saturated rings. The van der Waals surface area contributed by atoms with Crippen LogP contribution in [0.4, 0.5) is 0 Å². The molecule has 0 spiro atoms. The van der Waals surface area contributed by atoms with Gasteiger partial charge in [0.2, 0.25) is 0 Å². The molecule has 6 heteroatoms. The van der Waals surface area contributed by atoms with Gasteiger partial charge in [0.15, 0.2) is 5.76 Å². The summed E-state index contributed by atoms with van der Waals surface area (Å²) in [4.78, 5) is 20.3. The third-order valence-corrected chi connectivity index (χ3v) is 4.66. The summed E-state index contributed by atoms with van der Waals surface area (Å²) in [5, 5.41) is 3.82. The van der Waals surface area contributed by atoms with Crippen molar-refractivity contribution in [3.05, 3.63) is 59.6 Å². The third-order valence-electron chi connectivity index (χ3n) is 4.66. The molecule has 2 heterocycles. The number of hydrogen-bond acceptors (Lipinski definition) is 4. The van der Waals surface area contributed by atoms with Crippen molar-refractivity contribution in [2.45, 2.75) is 19.8 Å². The molecular formula is C21H21N3O3. The topological polar surface area (TPSA) is 80.2 Å². The maximum absolute atomic E-state index is 12.5. The first-order valence-corrected chi connectivity index (χ1v) is 8.94. The van der Waals surface area contributed by atoms with E-state index in [1.54, 1.807) is 7.11 Å². The molecule has 2 N–H and O–H groups in total. The minimum Gasteiger partial charge on any atom is -0.497 e. The number of aromatic nitrogens is 2. The van der Waals surface area contributed by atoms with E-state index in [4.69, 9.17) is 9.15 Å². The zero-order chi connectivity index (χ0) is 18.8. The second kappa shape index (κ2) is 7.15. The van der Waals surface area contributed by atoms with Gasteiger partial charge in [0.05, 0.1) is 18.1 Å². The van der Waals surface area contributed by atoms with Crippen molar-refractivity contribution in [2.75, 3.05) is 13.7 Å². The lowest BCUT2D eigenvalue weighted by Crippen LogP contribution is -2.25. The Hall–Kier alpha value is -3.28. The predicted octanol–water partition coefficient (Wildman–Crippen LogP) is 3.99. The molecule has 0 bridgehead atoms. The number of imidazole rings is 1. The molecule has 2 aromatic carbocycles. The summed E-state index contributed by atoms with van der Waals surface area (Å²) < 4.78 is 11.0. The zero-order valence-corrected chi connectivity index (χ0v) is 15.3. The van der Waals surface area contributed by atoms with Crippen molar-refractivity contribution < 1.29 is 13.9 Å². The van der Waals surface area contributed by atoms with Crippen LogP contribution in [0, 0.1) is 6.92 Å². The van der Waals surface area contributed by atoms with E-state index in [2.05, 4.69) is 15.3 Å². The number of nitrogens with zero attached hydrogens (tertiary/aromatic N) is 1. The second-order valence-corrected chi connectivity index (χ2v) is 6.48. The number of amides is 1. The monoisotopic (exact) mass is 363 g/mol. The number of ether oxygens (including phenoxy) is 1. The summed E-state index contributed by atoms with van der Waals surface area (Å²) in [6.07, 6.45) is 1.56. The van der Waals surface area contributed by atoms with E-state index in [0.717, 1.165) is 46.4 Å². The van der Waals surface area contributed by atoms with Crippen molar-refractivity contribution in [1.29, 1.82) is 0 Å². The molecule has 0 radical (unpaired) electrons. The Kier molecular flexibility index (Phi) is 4.54. The summed E-state index contributed by atoms with van der Waals surface area (Å²) in [6.45, 7) is 2.43. The standard InChI is InChI=1S/C21H21N3O3/c1-13-15-12-14(26-2)9-10-18(15)27-20(13)21(25)22-11-5-8-19-23-16-6-3-4-7-17(16)24-19/h3-4,6-7,9-10,12H,5,8,11H2,1-2H3,(H,22,25)(H,23,24). The smallest absolute Gasteiger partial charge is 0.287 e. The summed E-state index contributed by atoms with van der Waals surface area (Å²) in [7, 11) is 1.62. The van der Waals surface area contributed by atoms with E-state index in [1.807, 2.05) is 49.4 Å². The first-order valence-electron chi connectivity index (χ1n) is 8.94. The summed E-state index contributed by atoms with van der Waals surface area (Å²) >= 11 is 0. The maximum Gasteiger partial charge on any atom is 0.287 e. The highest BCUT2D eigenvalue weighted by atomic mass is 16.5. The molecule has 138 valence electrons. The van der Waals surface area contributed by atoms with Crippen molar-refractivity contribution in [2.24, 2.45) is 0 Å². The Morgan fingerprint density at radius 1 is 1.26 bits per heavy atom. The third kappa shape index (κ3) is 3.38. The highest BCUT2D eigenvalue weighted by molar-refractivity contribution is 5.99. The van der Waals surface area contributed by atoms with E-state index < -0.39 is 0 Å². The molecule has 0 aliphatic carbocycles.